The monoisotopic (exact) mass is 375 g/mol. The smallest absolute Gasteiger partial charge is 0.240 e. The summed E-state index contributed by atoms with van der Waals surface area (Å²) in [5.74, 6) is -0.0236. The molecular weight excluding hydrogens is 346 g/mol. The summed E-state index contributed by atoms with van der Waals surface area (Å²) in [6.07, 6.45) is 3.97. The Morgan fingerprint density at radius 1 is 1.36 bits per heavy atom. The van der Waals surface area contributed by atoms with Gasteiger partial charge in [-0.15, -0.1) is 0 Å². The number of ether oxygens (including phenoxy) is 1. The van der Waals surface area contributed by atoms with Crippen LogP contribution < -0.4 is 4.72 Å². The topological polar surface area (TPSA) is 96.0 Å². The van der Waals surface area contributed by atoms with Crippen LogP contribution in [0.1, 0.15) is 32.6 Å². The van der Waals surface area contributed by atoms with E-state index in [0.717, 1.165) is 32.1 Å². The normalized spacial score (nSPS) is 21.8. The molecule has 2 amide bonds. The lowest BCUT2D eigenvalue weighted by atomic mass is 9.77. The Hall–Kier alpha value is -1.19. The van der Waals surface area contributed by atoms with E-state index in [-0.39, 0.29) is 17.2 Å². The molecule has 0 aromatic heterocycles. The minimum Gasteiger partial charge on any atom is -0.385 e. The van der Waals surface area contributed by atoms with Crippen LogP contribution in [0.4, 0.5) is 0 Å². The molecule has 0 saturated carbocycles. The van der Waals surface area contributed by atoms with Gasteiger partial charge in [0.15, 0.2) is 0 Å². The second-order valence-electron chi connectivity index (χ2n) is 7.28. The molecule has 2 aliphatic rings. The number of nitrogens with one attached hydrogen (secondary N) is 1. The zero-order chi connectivity index (χ0) is 18.7. The van der Waals surface area contributed by atoms with Gasteiger partial charge in [0, 0.05) is 51.7 Å². The van der Waals surface area contributed by atoms with Gasteiger partial charge in [-0.3, -0.25) is 9.59 Å². The van der Waals surface area contributed by atoms with Crippen molar-refractivity contribution in [1.29, 1.82) is 0 Å². The third kappa shape index (κ3) is 5.39. The molecule has 0 radical (unpaired) electrons. The molecule has 1 N–H and O–H groups in total. The number of methoxy groups -OCH3 is 1. The summed E-state index contributed by atoms with van der Waals surface area (Å²) < 4.78 is 29.9. The van der Waals surface area contributed by atoms with E-state index in [4.69, 9.17) is 4.74 Å². The van der Waals surface area contributed by atoms with Crippen LogP contribution in [0.15, 0.2) is 0 Å². The van der Waals surface area contributed by atoms with Crippen molar-refractivity contribution in [3.05, 3.63) is 0 Å². The summed E-state index contributed by atoms with van der Waals surface area (Å²) in [5.41, 5.74) is -0.0472. The van der Waals surface area contributed by atoms with Gasteiger partial charge in [0.1, 0.15) is 0 Å². The van der Waals surface area contributed by atoms with Gasteiger partial charge in [0.2, 0.25) is 21.8 Å². The van der Waals surface area contributed by atoms with Gasteiger partial charge in [-0.25, -0.2) is 13.1 Å². The van der Waals surface area contributed by atoms with Crippen molar-refractivity contribution >= 4 is 21.8 Å². The molecule has 0 bridgehead atoms. The van der Waals surface area contributed by atoms with E-state index < -0.39 is 16.1 Å². The minimum atomic E-state index is -3.41. The fourth-order valence-corrected chi connectivity index (χ4v) is 4.51. The first-order valence-corrected chi connectivity index (χ1v) is 10.6. The largest absolute Gasteiger partial charge is 0.385 e. The number of rotatable bonds is 7. The summed E-state index contributed by atoms with van der Waals surface area (Å²) in [7, 11) is -1.76. The van der Waals surface area contributed by atoms with Crippen molar-refractivity contribution in [3.8, 4) is 0 Å². The molecule has 8 nitrogen and oxygen atoms in total. The van der Waals surface area contributed by atoms with E-state index >= 15 is 0 Å². The number of piperidine rings is 1. The van der Waals surface area contributed by atoms with E-state index in [2.05, 4.69) is 4.72 Å². The molecule has 1 spiro atoms. The van der Waals surface area contributed by atoms with Crippen molar-refractivity contribution in [2.24, 2.45) is 5.41 Å². The molecule has 0 aromatic rings. The van der Waals surface area contributed by atoms with Gasteiger partial charge < -0.3 is 14.5 Å². The van der Waals surface area contributed by atoms with E-state index in [1.54, 1.807) is 18.9 Å². The van der Waals surface area contributed by atoms with Crippen molar-refractivity contribution < 1.29 is 22.7 Å². The van der Waals surface area contributed by atoms with Crippen LogP contribution in [-0.2, 0) is 24.3 Å². The highest BCUT2D eigenvalue weighted by Crippen LogP contribution is 2.41. The Morgan fingerprint density at radius 2 is 2.00 bits per heavy atom. The fourth-order valence-electron chi connectivity index (χ4n) is 3.77. The first-order valence-electron chi connectivity index (χ1n) is 8.69. The number of amides is 2. The zero-order valence-electron chi connectivity index (χ0n) is 15.3. The molecule has 2 aliphatic heterocycles. The lowest BCUT2D eigenvalue weighted by Crippen LogP contribution is -2.51. The number of hydrogen-bond donors (Lipinski definition) is 1. The highest BCUT2D eigenvalue weighted by molar-refractivity contribution is 7.88. The second-order valence-corrected chi connectivity index (χ2v) is 9.06. The summed E-state index contributed by atoms with van der Waals surface area (Å²) in [6.45, 7) is 4.79. The van der Waals surface area contributed by atoms with E-state index in [1.807, 2.05) is 4.90 Å². The summed E-state index contributed by atoms with van der Waals surface area (Å²) >= 11 is 0. The van der Waals surface area contributed by atoms with Gasteiger partial charge in [0.25, 0.3) is 0 Å². The van der Waals surface area contributed by atoms with Crippen LogP contribution in [0.3, 0.4) is 0 Å². The third-order valence-corrected chi connectivity index (χ3v) is 5.86. The minimum absolute atomic E-state index is 0.0472. The van der Waals surface area contributed by atoms with Crippen LogP contribution in [0, 0.1) is 5.41 Å². The summed E-state index contributed by atoms with van der Waals surface area (Å²) in [6, 6.07) is -0.764. The molecule has 2 rings (SSSR count). The first kappa shape index (κ1) is 20.1. The molecule has 0 unspecified atom stereocenters. The number of hydrogen-bond acceptors (Lipinski definition) is 5. The Balaban J connectivity index is 1.87. The van der Waals surface area contributed by atoms with Crippen LogP contribution in [0.2, 0.25) is 0 Å². The number of likely N-dealkylation sites (tertiary alicyclic amines) is 2. The third-order valence-electron chi connectivity index (χ3n) is 5.08. The van der Waals surface area contributed by atoms with Gasteiger partial charge in [0.05, 0.1) is 12.3 Å². The number of carbonyl (C=O) groups is 2. The van der Waals surface area contributed by atoms with Gasteiger partial charge in [-0.05, 0) is 26.2 Å². The van der Waals surface area contributed by atoms with Gasteiger partial charge in [-0.1, -0.05) is 0 Å². The Morgan fingerprint density at radius 3 is 2.56 bits per heavy atom. The molecular formula is C16H29N3O5S. The van der Waals surface area contributed by atoms with Crippen LogP contribution >= 0.6 is 0 Å². The van der Waals surface area contributed by atoms with E-state index in [0.29, 0.717) is 32.7 Å². The second kappa shape index (κ2) is 8.01. The molecule has 0 aliphatic carbocycles. The summed E-state index contributed by atoms with van der Waals surface area (Å²) in [4.78, 5) is 28.2. The predicted octanol–water partition coefficient (Wildman–Crippen LogP) is -0.198. The molecule has 2 fully saturated rings. The number of nitrogens with zero attached hydrogens (tertiary/aromatic N) is 2. The average molecular weight is 375 g/mol. The average Bonchev–Trinajstić information content (AvgIpc) is 2.82. The maximum atomic E-state index is 12.4. The Kier molecular flexibility index (Phi) is 6.45. The number of sulfonamides is 1. The molecule has 0 aromatic carbocycles. The highest BCUT2D eigenvalue weighted by atomic mass is 32.2. The van der Waals surface area contributed by atoms with Crippen LogP contribution in [0.25, 0.3) is 0 Å². The lowest BCUT2D eigenvalue weighted by molar-refractivity contribution is -0.134. The molecule has 2 heterocycles. The number of carbonyl (C=O) groups excluding carboxylic acids is 2. The predicted molar refractivity (Wildman–Crippen MR) is 93.4 cm³/mol. The van der Waals surface area contributed by atoms with Gasteiger partial charge in [-0.2, -0.15) is 0 Å². The molecule has 1 atom stereocenters. The maximum absolute atomic E-state index is 12.4. The molecule has 144 valence electrons. The van der Waals surface area contributed by atoms with Crippen molar-refractivity contribution in [2.75, 3.05) is 46.2 Å². The quantitative estimate of drug-likeness (QED) is 0.622. The Bertz CT molecular complexity index is 599. The standard InChI is InChI=1S/C16H29N3O5S/c1-13(17-25(3,22)23)15(21)18-8-5-16(6-9-18)11-14(20)19(12-16)7-4-10-24-2/h13,17H,4-12H2,1-3H3/t13-/m1/s1. The maximum Gasteiger partial charge on any atom is 0.240 e. The van der Waals surface area contributed by atoms with Crippen molar-refractivity contribution in [2.45, 2.75) is 38.6 Å². The summed E-state index contributed by atoms with van der Waals surface area (Å²) in [5, 5.41) is 0. The fraction of sp³-hybridized carbons (Fsp3) is 0.875. The first-order chi connectivity index (χ1) is 11.7. The molecule has 9 heteroatoms. The zero-order valence-corrected chi connectivity index (χ0v) is 16.1. The van der Waals surface area contributed by atoms with Crippen LogP contribution in [0.5, 0.6) is 0 Å². The highest BCUT2D eigenvalue weighted by Gasteiger charge is 2.45. The molecule has 2 saturated heterocycles. The van der Waals surface area contributed by atoms with Crippen molar-refractivity contribution in [1.82, 2.24) is 14.5 Å². The Labute approximate surface area is 149 Å². The van der Waals surface area contributed by atoms with E-state index in [9.17, 15) is 18.0 Å². The van der Waals surface area contributed by atoms with Gasteiger partial charge >= 0.3 is 0 Å². The van der Waals surface area contributed by atoms with E-state index in [1.165, 1.54) is 0 Å². The SMILES string of the molecule is COCCCN1CC2(CCN(C(=O)[C@@H](C)NS(C)(=O)=O)CC2)CC1=O. The lowest BCUT2D eigenvalue weighted by Gasteiger charge is -2.39. The van der Waals surface area contributed by atoms with Crippen LogP contribution in [-0.4, -0.2) is 82.2 Å². The molecule has 25 heavy (non-hydrogen) atoms. The van der Waals surface area contributed by atoms with Crippen molar-refractivity contribution in [3.63, 3.8) is 0 Å².